The Morgan fingerprint density at radius 2 is 1.70 bits per heavy atom. The minimum atomic E-state index is -2.88. The third-order valence-electron chi connectivity index (χ3n) is 2.10. The maximum absolute atomic E-state index is 11.3. The van der Waals surface area contributed by atoms with Crippen LogP contribution in [-0.2, 0) is 25.0 Å². The summed E-state index contributed by atoms with van der Waals surface area (Å²) in [6.07, 6.45) is 0. The first kappa shape index (κ1) is 16.2. The molecule has 0 saturated carbocycles. The summed E-state index contributed by atoms with van der Waals surface area (Å²) in [6.45, 7) is 1.86. The van der Waals surface area contributed by atoms with Crippen LogP contribution in [0.1, 0.15) is 19.4 Å². The van der Waals surface area contributed by atoms with Crippen LogP contribution in [0.3, 0.4) is 0 Å². The van der Waals surface area contributed by atoms with Crippen LogP contribution in [-0.4, -0.2) is 16.9 Å². The molecule has 0 aliphatic heterocycles. The molecule has 108 valence electrons. The third kappa shape index (κ3) is 3.17. The van der Waals surface area contributed by atoms with E-state index in [1.807, 2.05) is 0 Å². The number of esters is 2. The van der Waals surface area contributed by atoms with E-state index < -0.39 is 22.8 Å². The van der Waals surface area contributed by atoms with E-state index in [4.69, 9.17) is 23.2 Å². The molecule has 0 bridgehead atoms. The lowest BCUT2D eigenvalue weighted by Crippen LogP contribution is -2.44. The fourth-order valence-electron chi connectivity index (χ4n) is 1.44. The number of ether oxygens (including phenoxy) is 2. The summed E-state index contributed by atoms with van der Waals surface area (Å²) in [7, 11) is 0. The molecule has 0 spiro atoms. The van der Waals surface area contributed by atoms with E-state index in [1.54, 1.807) is 0 Å². The van der Waals surface area contributed by atoms with E-state index in [9.17, 15) is 19.7 Å². The maximum atomic E-state index is 11.3. The Hall–Kier alpha value is -1.86. The number of nitrogens with zero attached hydrogens (tertiary/aromatic N) is 1. The maximum Gasteiger partial charge on any atom is 0.561 e. The molecule has 1 aromatic carbocycles. The molecule has 9 heteroatoms. The van der Waals surface area contributed by atoms with E-state index in [1.165, 1.54) is 18.2 Å². The quantitative estimate of drug-likeness (QED) is 0.366. The first-order valence-electron chi connectivity index (χ1n) is 5.19. The van der Waals surface area contributed by atoms with Crippen molar-refractivity contribution in [3.63, 3.8) is 0 Å². The molecule has 0 aromatic heterocycles. The molecule has 0 N–H and O–H groups in total. The summed E-state index contributed by atoms with van der Waals surface area (Å²) in [5.74, 6) is -4.93. The summed E-state index contributed by atoms with van der Waals surface area (Å²) in [5, 5.41) is 11.0. The Morgan fingerprint density at radius 1 is 1.20 bits per heavy atom. The molecule has 0 heterocycles. The standard InChI is InChI=1S/C11H9Cl2NO6/c1-6(15)19-11(14(17)18,20-7(2)16)8-4-3-5-9(12)10(8)13/h3-5H,1-2H3. The van der Waals surface area contributed by atoms with E-state index in [-0.39, 0.29) is 15.6 Å². The Morgan fingerprint density at radius 3 is 2.10 bits per heavy atom. The van der Waals surface area contributed by atoms with E-state index >= 15 is 0 Å². The number of rotatable bonds is 4. The van der Waals surface area contributed by atoms with Gasteiger partial charge in [-0.05, 0) is 12.1 Å². The number of carbonyl (C=O) groups is 2. The molecular formula is C11H9Cl2NO6. The Bertz CT molecular complexity index is 558. The number of carbonyl (C=O) groups excluding carboxylic acids is 2. The van der Waals surface area contributed by atoms with Gasteiger partial charge in [-0.3, -0.25) is 19.7 Å². The molecule has 7 nitrogen and oxygen atoms in total. The highest BCUT2D eigenvalue weighted by molar-refractivity contribution is 6.42. The van der Waals surface area contributed by atoms with Gasteiger partial charge in [0.2, 0.25) is 0 Å². The van der Waals surface area contributed by atoms with Crippen molar-refractivity contribution in [2.24, 2.45) is 0 Å². The molecule has 0 aliphatic carbocycles. The van der Waals surface area contributed by atoms with Crippen molar-refractivity contribution >= 4 is 35.1 Å². The zero-order valence-electron chi connectivity index (χ0n) is 10.4. The predicted octanol–water partition coefficient (Wildman–Crippen LogP) is 2.51. The summed E-state index contributed by atoms with van der Waals surface area (Å²) < 4.78 is 9.22. The third-order valence-corrected chi connectivity index (χ3v) is 2.92. The van der Waals surface area contributed by atoms with Crippen molar-refractivity contribution in [3.8, 4) is 0 Å². The minimum absolute atomic E-state index is 0.0188. The smallest absolute Gasteiger partial charge is 0.359 e. The molecule has 0 saturated heterocycles. The molecule has 0 atom stereocenters. The topological polar surface area (TPSA) is 95.7 Å². The number of benzene rings is 1. The van der Waals surface area contributed by atoms with E-state index in [0.29, 0.717) is 0 Å². The molecule has 0 unspecified atom stereocenters. The normalized spacial score (nSPS) is 10.8. The SMILES string of the molecule is CC(=O)OC(OC(C)=O)(c1cccc(Cl)c1Cl)[N+](=O)[O-]. The van der Waals surface area contributed by atoms with Gasteiger partial charge in [-0.2, -0.15) is 0 Å². The van der Waals surface area contributed by atoms with Crippen LogP contribution in [0.4, 0.5) is 0 Å². The molecule has 0 fully saturated rings. The summed E-state index contributed by atoms with van der Waals surface area (Å²) >= 11 is 11.6. The fraction of sp³-hybridized carbons (Fsp3) is 0.273. The van der Waals surface area contributed by atoms with Gasteiger partial charge in [-0.15, -0.1) is 0 Å². The van der Waals surface area contributed by atoms with Crippen LogP contribution in [0.2, 0.25) is 10.0 Å². The highest BCUT2D eigenvalue weighted by Crippen LogP contribution is 2.37. The van der Waals surface area contributed by atoms with Crippen LogP contribution in [0, 0.1) is 10.1 Å². The van der Waals surface area contributed by atoms with Crippen molar-refractivity contribution < 1.29 is 24.0 Å². The van der Waals surface area contributed by atoms with E-state index in [0.717, 1.165) is 13.8 Å². The molecule has 0 aliphatic rings. The van der Waals surface area contributed by atoms with Gasteiger partial charge < -0.3 is 9.47 Å². The molecular weight excluding hydrogens is 313 g/mol. The van der Waals surface area contributed by atoms with Gasteiger partial charge in [-0.25, -0.2) is 0 Å². The zero-order chi connectivity index (χ0) is 15.5. The van der Waals surface area contributed by atoms with Gasteiger partial charge in [0, 0.05) is 13.8 Å². The second-order valence-corrected chi connectivity index (χ2v) is 4.41. The van der Waals surface area contributed by atoms with Gasteiger partial charge in [0.05, 0.1) is 10.0 Å². The van der Waals surface area contributed by atoms with Crippen LogP contribution in [0.15, 0.2) is 18.2 Å². The highest BCUT2D eigenvalue weighted by Gasteiger charge is 2.55. The molecule has 1 aromatic rings. The second kappa shape index (κ2) is 6.06. The fourth-order valence-corrected chi connectivity index (χ4v) is 1.86. The average molecular weight is 322 g/mol. The molecule has 0 amide bonds. The van der Waals surface area contributed by atoms with Crippen LogP contribution >= 0.6 is 23.2 Å². The number of hydrogen-bond donors (Lipinski definition) is 0. The van der Waals surface area contributed by atoms with Gasteiger partial charge >= 0.3 is 17.8 Å². The zero-order valence-corrected chi connectivity index (χ0v) is 11.9. The van der Waals surface area contributed by atoms with Crippen molar-refractivity contribution in [2.45, 2.75) is 19.8 Å². The molecule has 20 heavy (non-hydrogen) atoms. The predicted molar refractivity (Wildman–Crippen MR) is 68.7 cm³/mol. The van der Waals surface area contributed by atoms with Crippen molar-refractivity contribution in [1.29, 1.82) is 0 Å². The largest absolute Gasteiger partial charge is 0.561 e. The van der Waals surface area contributed by atoms with Gasteiger partial charge in [0.25, 0.3) is 0 Å². The second-order valence-electron chi connectivity index (χ2n) is 3.63. The lowest BCUT2D eigenvalue weighted by Gasteiger charge is -2.23. The first-order valence-corrected chi connectivity index (χ1v) is 5.94. The lowest BCUT2D eigenvalue weighted by molar-refractivity contribution is -0.688. The van der Waals surface area contributed by atoms with Crippen LogP contribution < -0.4 is 0 Å². The minimum Gasteiger partial charge on any atom is -0.359 e. The van der Waals surface area contributed by atoms with Crippen LogP contribution in [0.25, 0.3) is 0 Å². The van der Waals surface area contributed by atoms with Crippen LogP contribution in [0.5, 0.6) is 0 Å². The number of halogens is 2. The molecule has 1 rings (SSSR count). The Balaban J connectivity index is 3.56. The van der Waals surface area contributed by atoms with Gasteiger partial charge in [-0.1, -0.05) is 29.3 Å². The summed E-state index contributed by atoms with van der Waals surface area (Å²) in [6, 6.07) is 3.89. The Kier molecular flexibility index (Phi) is 4.91. The van der Waals surface area contributed by atoms with Crippen molar-refractivity contribution in [3.05, 3.63) is 43.9 Å². The van der Waals surface area contributed by atoms with Crippen molar-refractivity contribution in [1.82, 2.24) is 0 Å². The number of hydrogen-bond acceptors (Lipinski definition) is 6. The lowest BCUT2D eigenvalue weighted by atomic mass is 10.1. The average Bonchev–Trinajstić information content (AvgIpc) is 2.30. The Labute approximate surface area is 123 Å². The van der Waals surface area contributed by atoms with Gasteiger partial charge in [0.15, 0.2) is 0 Å². The van der Waals surface area contributed by atoms with E-state index in [2.05, 4.69) is 9.47 Å². The highest BCUT2D eigenvalue weighted by atomic mass is 35.5. The number of nitro groups is 1. The monoisotopic (exact) mass is 321 g/mol. The first-order chi connectivity index (χ1) is 9.20. The molecule has 0 radical (unpaired) electrons. The summed E-state index contributed by atoms with van der Waals surface area (Å²) in [4.78, 5) is 32.5. The van der Waals surface area contributed by atoms with Crippen molar-refractivity contribution in [2.75, 3.05) is 0 Å². The summed E-state index contributed by atoms with van der Waals surface area (Å²) in [5.41, 5.74) is -0.359. The van der Waals surface area contributed by atoms with Gasteiger partial charge in [0.1, 0.15) is 10.5 Å².